The number of aliphatic imine (C=N–C) groups is 1. The van der Waals surface area contributed by atoms with Crippen molar-refractivity contribution >= 4 is 29.2 Å². The Balaban J connectivity index is 1.31. The van der Waals surface area contributed by atoms with E-state index in [1.165, 1.54) is 6.07 Å². The number of anilines is 1. The van der Waals surface area contributed by atoms with E-state index in [2.05, 4.69) is 15.6 Å². The van der Waals surface area contributed by atoms with Crippen LogP contribution in [0.5, 0.6) is 0 Å². The highest BCUT2D eigenvalue weighted by molar-refractivity contribution is 6.31. The molecule has 0 radical (unpaired) electrons. The molecular formula is C22H24ClFN4O. The van der Waals surface area contributed by atoms with Gasteiger partial charge < -0.3 is 15.5 Å². The van der Waals surface area contributed by atoms with Crippen LogP contribution in [0.3, 0.4) is 0 Å². The Labute approximate surface area is 175 Å². The molecule has 0 spiro atoms. The molecule has 1 heterocycles. The number of nitrogens with one attached hydrogen (secondary N) is 2. The van der Waals surface area contributed by atoms with Gasteiger partial charge in [0.25, 0.3) is 0 Å². The minimum Gasteiger partial charge on any atom is -0.353 e. The zero-order valence-electron chi connectivity index (χ0n) is 16.3. The van der Waals surface area contributed by atoms with Gasteiger partial charge in [-0.2, -0.15) is 0 Å². The Morgan fingerprint density at radius 3 is 2.72 bits per heavy atom. The first-order chi connectivity index (χ1) is 14.1. The number of amides is 1. The monoisotopic (exact) mass is 414 g/mol. The zero-order valence-corrected chi connectivity index (χ0v) is 17.0. The summed E-state index contributed by atoms with van der Waals surface area (Å²) in [4.78, 5) is 17.9. The summed E-state index contributed by atoms with van der Waals surface area (Å²) in [5.74, 6) is 0.657. The standard InChI is InChI=1S/C22H24ClFN4O/c1-25-22(27-19-12-16(19)21-17(23)4-2-5-18(21)24)26-13-14-7-9-15(10-8-14)28-11-3-6-20(28)29/h2,4-5,7-10,16,19H,3,6,11-13H2,1H3,(H2,25,26,27). The second kappa shape index (κ2) is 8.41. The predicted molar refractivity (Wildman–Crippen MR) is 114 cm³/mol. The highest BCUT2D eigenvalue weighted by Crippen LogP contribution is 2.44. The summed E-state index contributed by atoms with van der Waals surface area (Å²) < 4.78 is 14.1. The van der Waals surface area contributed by atoms with Gasteiger partial charge in [0, 0.05) is 54.8 Å². The summed E-state index contributed by atoms with van der Waals surface area (Å²) in [6, 6.07) is 12.9. The smallest absolute Gasteiger partial charge is 0.227 e. The van der Waals surface area contributed by atoms with Gasteiger partial charge >= 0.3 is 0 Å². The van der Waals surface area contributed by atoms with Gasteiger partial charge in [0.15, 0.2) is 5.96 Å². The lowest BCUT2D eigenvalue weighted by Crippen LogP contribution is -2.38. The van der Waals surface area contributed by atoms with Crippen LogP contribution in [0.4, 0.5) is 10.1 Å². The molecule has 1 aliphatic heterocycles. The van der Waals surface area contributed by atoms with Crippen LogP contribution in [-0.4, -0.2) is 31.5 Å². The molecule has 2 aromatic rings. The first kappa shape index (κ1) is 19.7. The van der Waals surface area contributed by atoms with Crippen molar-refractivity contribution in [3.8, 4) is 0 Å². The average Bonchev–Trinajstić information content (AvgIpc) is 3.33. The molecule has 1 saturated carbocycles. The summed E-state index contributed by atoms with van der Waals surface area (Å²) in [5, 5.41) is 7.10. The molecular weight excluding hydrogens is 391 g/mol. The molecule has 5 nitrogen and oxygen atoms in total. The summed E-state index contributed by atoms with van der Waals surface area (Å²) in [7, 11) is 1.71. The molecule has 0 aromatic heterocycles. The van der Waals surface area contributed by atoms with Crippen LogP contribution in [0.1, 0.15) is 36.3 Å². The number of rotatable bonds is 5. The van der Waals surface area contributed by atoms with E-state index in [4.69, 9.17) is 11.6 Å². The minimum absolute atomic E-state index is 0.0551. The van der Waals surface area contributed by atoms with E-state index in [1.54, 1.807) is 19.2 Å². The Morgan fingerprint density at radius 2 is 2.07 bits per heavy atom. The lowest BCUT2D eigenvalue weighted by atomic mass is 10.1. The first-order valence-electron chi connectivity index (χ1n) is 9.87. The van der Waals surface area contributed by atoms with Gasteiger partial charge in [0.1, 0.15) is 5.82 Å². The third-order valence-electron chi connectivity index (χ3n) is 5.49. The highest BCUT2D eigenvalue weighted by Gasteiger charge is 2.41. The zero-order chi connectivity index (χ0) is 20.4. The predicted octanol–water partition coefficient (Wildman–Crippen LogP) is 3.83. The summed E-state index contributed by atoms with van der Waals surface area (Å²) in [6.45, 7) is 1.40. The van der Waals surface area contributed by atoms with Crippen LogP contribution < -0.4 is 15.5 Å². The maximum Gasteiger partial charge on any atom is 0.227 e. The SMILES string of the molecule is CN=C(NCc1ccc(N2CCCC2=O)cc1)NC1CC1c1c(F)cccc1Cl. The van der Waals surface area contributed by atoms with Crippen LogP contribution in [0, 0.1) is 5.82 Å². The molecule has 2 unspecified atom stereocenters. The fourth-order valence-electron chi connectivity index (χ4n) is 3.81. The van der Waals surface area contributed by atoms with E-state index >= 15 is 0 Å². The van der Waals surface area contributed by atoms with Gasteiger partial charge in [-0.3, -0.25) is 9.79 Å². The van der Waals surface area contributed by atoms with Crippen LogP contribution in [0.2, 0.25) is 5.02 Å². The first-order valence-corrected chi connectivity index (χ1v) is 10.2. The van der Waals surface area contributed by atoms with Crippen molar-refractivity contribution < 1.29 is 9.18 Å². The quantitative estimate of drug-likeness (QED) is 0.577. The normalized spacial score (nSPS) is 21.4. The summed E-state index contributed by atoms with van der Waals surface area (Å²) in [5.41, 5.74) is 2.61. The molecule has 1 saturated heterocycles. The fraction of sp³-hybridized carbons (Fsp3) is 0.364. The molecule has 2 atom stereocenters. The van der Waals surface area contributed by atoms with Gasteiger partial charge in [0.2, 0.25) is 5.91 Å². The second-order valence-electron chi connectivity index (χ2n) is 7.47. The summed E-state index contributed by atoms with van der Waals surface area (Å²) >= 11 is 6.17. The Bertz CT molecular complexity index is 911. The number of carbonyl (C=O) groups excluding carboxylic acids is 1. The van der Waals surface area contributed by atoms with Gasteiger partial charge in [-0.05, 0) is 42.7 Å². The molecule has 29 heavy (non-hydrogen) atoms. The molecule has 2 N–H and O–H groups in total. The van der Waals surface area contributed by atoms with Crippen LogP contribution in [0.15, 0.2) is 47.5 Å². The second-order valence-corrected chi connectivity index (χ2v) is 7.88. The Morgan fingerprint density at radius 1 is 1.28 bits per heavy atom. The maximum absolute atomic E-state index is 14.1. The lowest BCUT2D eigenvalue weighted by Gasteiger charge is -2.16. The topological polar surface area (TPSA) is 56.7 Å². The molecule has 0 bridgehead atoms. The number of benzene rings is 2. The van der Waals surface area contributed by atoms with Crippen LogP contribution in [0.25, 0.3) is 0 Å². The average molecular weight is 415 g/mol. The van der Waals surface area contributed by atoms with E-state index in [1.807, 2.05) is 29.2 Å². The highest BCUT2D eigenvalue weighted by atomic mass is 35.5. The van der Waals surface area contributed by atoms with Crippen molar-refractivity contribution in [1.29, 1.82) is 0 Å². The molecule has 1 amide bonds. The molecule has 4 rings (SSSR count). The van der Waals surface area contributed by atoms with Crippen molar-refractivity contribution in [1.82, 2.24) is 10.6 Å². The van der Waals surface area contributed by atoms with Crippen molar-refractivity contribution in [3.63, 3.8) is 0 Å². The van der Waals surface area contributed by atoms with Crippen molar-refractivity contribution in [2.24, 2.45) is 4.99 Å². The number of carbonyl (C=O) groups is 1. The molecule has 1 aliphatic carbocycles. The van der Waals surface area contributed by atoms with E-state index in [-0.39, 0.29) is 23.7 Å². The van der Waals surface area contributed by atoms with Gasteiger partial charge in [-0.1, -0.05) is 29.8 Å². The van der Waals surface area contributed by atoms with Gasteiger partial charge in [-0.15, -0.1) is 0 Å². The molecule has 7 heteroatoms. The lowest BCUT2D eigenvalue weighted by molar-refractivity contribution is -0.117. The van der Waals surface area contributed by atoms with Gasteiger partial charge in [-0.25, -0.2) is 4.39 Å². The van der Waals surface area contributed by atoms with Gasteiger partial charge in [0.05, 0.1) is 0 Å². The Kier molecular flexibility index (Phi) is 5.72. The third kappa shape index (κ3) is 4.37. The minimum atomic E-state index is -0.258. The summed E-state index contributed by atoms with van der Waals surface area (Å²) in [6.07, 6.45) is 2.37. The van der Waals surface area contributed by atoms with E-state index in [0.29, 0.717) is 29.5 Å². The van der Waals surface area contributed by atoms with E-state index in [0.717, 1.165) is 30.6 Å². The number of hydrogen-bond donors (Lipinski definition) is 2. The molecule has 2 fully saturated rings. The van der Waals surface area contributed by atoms with E-state index < -0.39 is 0 Å². The van der Waals surface area contributed by atoms with Crippen molar-refractivity contribution in [2.75, 3.05) is 18.5 Å². The fourth-order valence-corrected chi connectivity index (χ4v) is 4.11. The van der Waals surface area contributed by atoms with Crippen molar-refractivity contribution in [3.05, 3.63) is 64.4 Å². The Hall–Kier alpha value is -2.60. The molecule has 2 aliphatic rings. The van der Waals surface area contributed by atoms with Crippen LogP contribution in [-0.2, 0) is 11.3 Å². The van der Waals surface area contributed by atoms with E-state index in [9.17, 15) is 9.18 Å². The molecule has 152 valence electrons. The number of hydrogen-bond acceptors (Lipinski definition) is 2. The number of halogens is 2. The maximum atomic E-state index is 14.1. The number of nitrogens with zero attached hydrogens (tertiary/aromatic N) is 2. The van der Waals surface area contributed by atoms with Crippen LogP contribution >= 0.6 is 11.6 Å². The number of guanidine groups is 1. The van der Waals surface area contributed by atoms with Crippen molar-refractivity contribution in [2.45, 2.75) is 37.8 Å². The largest absolute Gasteiger partial charge is 0.353 e. The third-order valence-corrected chi connectivity index (χ3v) is 5.82. The molecule has 2 aromatic carbocycles.